The van der Waals surface area contributed by atoms with Crippen molar-refractivity contribution in [2.75, 3.05) is 7.11 Å². The molecule has 0 aliphatic heterocycles. The molecular weight excluding hydrogens is 220 g/mol. The van der Waals surface area contributed by atoms with E-state index in [2.05, 4.69) is 46.4 Å². The molecule has 1 heteroatoms. The summed E-state index contributed by atoms with van der Waals surface area (Å²) in [5.41, 5.74) is 5.18. The Kier molecular flexibility index (Phi) is 5.46. The second-order valence-corrected chi connectivity index (χ2v) is 5.53. The van der Waals surface area contributed by atoms with Crippen LogP contribution < -0.4 is 4.74 Å². The highest BCUT2D eigenvalue weighted by molar-refractivity contribution is 5.46. The molecule has 0 heterocycles. The third-order valence-electron chi connectivity index (χ3n) is 3.02. The number of hydrogen-bond acceptors (Lipinski definition) is 1. The minimum absolute atomic E-state index is 0.681. The van der Waals surface area contributed by atoms with E-state index in [4.69, 9.17) is 4.74 Å². The van der Waals surface area contributed by atoms with Crippen LogP contribution in [0.5, 0.6) is 5.75 Å². The van der Waals surface area contributed by atoms with Gasteiger partial charge in [0.05, 0.1) is 7.11 Å². The van der Waals surface area contributed by atoms with Crippen molar-refractivity contribution in [1.29, 1.82) is 0 Å². The van der Waals surface area contributed by atoms with E-state index in [1.165, 1.54) is 22.3 Å². The number of rotatable bonds is 6. The SMILES string of the molecule is C=C(C)Cc1cc(CC(C)C)cc(CC)c1OC. The van der Waals surface area contributed by atoms with Crippen molar-refractivity contribution in [3.63, 3.8) is 0 Å². The summed E-state index contributed by atoms with van der Waals surface area (Å²) in [6.07, 6.45) is 3.04. The van der Waals surface area contributed by atoms with E-state index in [0.29, 0.717) is 5.92 Å². The Morgan fingerprint density at radius 3 is 2.33 bits per heavy atom. The predicted molar refractivity (Wildman–Crippen MR) is 79.4 cm³/mol. The van der Waals surface area contributed by atoms with Gasteiger partial charge in [-0.2, -0.15) is 0 Å². The maximum atomic E-state index is 5.59. The normalized spacial score (nSPS) is 10.8. The lowest BCUT2D eigenvalue weighted by Crippen LogP contribution is -2.02. The molecule has 0 aliphatic carbocycles. The molecule has 0 fully saturated rings. The lowest BCUT2D eigenvalue weighted by atomic mass is 9.94. The molecule has 0 saturated carbocycles. The second-order valence-electron chi connectivity index (χ2n) is 5.53. The van der Waals surface area contributed by atoms with E-state index in [-0.39, 0.29) is 0 Å². The molecule has 0 aliphatic rings. The molecule has 0 radical (unpaired) electrons. The number of benzene rings is 1. The first kappa shape index (κ1) is 14.8. The highest BCUT2D eigenvalue weighted by Crippen LogP contribution is 2.29. The zero-order valence-electron chi connectivity index (χ0n) is 12.5. The van der Waals surface area contributed by atoms with Crippen LogP contribution in [-0.4, -0.2) is 7.11 Å². The van der Waals surface area contributed by atoms with Crippen LogP contribution in [0.1, 0.15) is 44.4 Å². The molecule has 1 aromatic carbocycles. The molecule has 100 valence electrons. The number of ether oxygens (including phenoxy) is 1. The fourth-order valence-electron chi connectivity index (χ4n) is 2.40. The molecule has 0 atom stereocenters. The standard InChI is InChI=1S/C17H26O/c1-7-15-10-14(8-12(2)3)11-16(9-13(4)5)17(15)18-6/h10-12H,4,7-9H2,1-3,5-6H3. The molecule has 1 rings (SSSR count). The van der Waals surface area contributed by atoms with Crippen LogP contribution in [-0.2, 0) is 19.3 Å². The van der Waals surface area contributed by atoms with Gasteiger partial charge in [0.15, 0.2) is 0 Å². The smallest absolute Gasteiger partial charge is 0.125 e. The molecule has 0 unspecified atom stereocenters. The zero-order chi connectivity index (χ0) is 13.7. The summed E-state index contributed by atoms with van der Waals surface area (Å²) in [6.45, 7) is 12.8. The summed E-state index contributed by atoms with van der Waals surface area (Å²) >= 11 is 0. The molecule has 1 aromatic rings. The number of hydrogen-bond donors (Lipinski definition) is 0. The van der Waals surface area contributed by atoms with Crippen LogP contribution in [0, 0.1) is 5.92 Å². The van der Waals surface area contributed by atoms with Gasteiger partial charge in [-0.05, 0) is 48.8 Å². The minimum Gasteiger partial charge on any atom is -0.496 e. The van der Waals surface area contributed by atoms with Gasteiger partial charge in [-0.15, -0.1) is 0 Å². The summed E-state index contributed by atoms with van der Waals surface area (Å²) in [5, 5.41) is 0. The Morgan fingerprint density at radius 2 is 1.89 bits per heavy atom. The van der Waals surface area contributed by atoms with E-state index in [1.54, 1.807) is 7.11 Å². The Bertz CT molecular complexity index is 416. The maximum Gasteiger partial charge on any atom is 0.125 e. The first-order chi connectivity index (χ1) is 8.47. The average Bonchev–Trinajstić information content (AvgIpc) is 2.26. The van der Waals surface area contributed by atoms with Gasteiger partial charge in [0.1, 0.15) is 5.75 Å². The number of allylic oxidation sites excluding steroid dienone is 1. The van der Waals surface area contributed by atoms with Crippen molar-refractivity contribution in [2.24, 2.45) is 5.92 Å². The first-order valence-corrected chi connectivity index (χ1v) is 6.80. The van der Waals surface area contributed by atoms with Gasteiger partial charge in [-0.25, -0.2) is 0 Å². The van der Waals surface area contributed by atoms with Gasteiger partial charge in [-0.1, -0.05) is 45.1 Å². The molecule has 0 amide bonds. The molecule has 18 heavy (non-hydrogen) atoms. The van der Waals surface area contributed by atoms with Crippen molar-refractivity contribution in [2.45, 2.75) is 47.0 Å². The van der Waals surface area contributed by atoms with E-state index in [1.807, 2.05) is 0 Å². The molecule has 0 N–H and O–H groups in total. The third-order valence-corrected chi connectivity index (χ3v) is 3.02. The van der Waals surface area contributed by atoms with E-state index in [9.17, 15) is 0 Å². The summed E-state index contributed by atoms with van der Waals surface area (Å²) in [5.74, 6) is 1.73. The Balaban J connectivity index is 3.21. The lowest BCUT2D eigenvalue weighted by Gasteiger charge is -2.16. The zero-order valence-corrected chi connectivity index (χ0v) is 12.5. The number of aryl methyl sites for hydroxylation is 1. The summed E-state index contributed by atoms with van der Waals surface area (Å²) in [7, 11) is 1.76. The monoisotopic (exact) mass is 246 g/mol. The lowest BCUT2D eigenvalue weighted by molar-refractivity contribution is 0.405. The molecular formula is C17H26O. The third kappa shape index (κ3) is 3.90. The second kappa shape index (κ2) is 6.63. The van der Waals surface area contributed by atoms with Crippen LogP contribution in [0.25, 0.3) is 0 Å². The fourth-order valence-corrected chi connectivity index (χ4v) is 2.40. The van der Waals surface area contributed by atoms with E-state index in [0.717, 1.165) is 25.0 Å². The van der Waals surface area contributed by atoms with Crippen molar-refractivity contribution in [3.8, 4) is 5.75 Å². The van der Waals surface area contributed by atoms with Crippen LogP contribution in [0.4, 0.5) is 0 Å². The molecule has 0 saturated heterocycles. The van der Waals surface area contributed by atoms with Gasteiger partial charge in [0.2, 0.25) is 0 Å². The van der Waals surface area contributed by atoms with Crippen molar-refractivity contribution in [3.05, 3.63) is 41.0 Å². The summed E-state index contributed by atoms with van der Waals surface area (Å²) < 4.78 is 5.59. The van der Waals surface area contributed by atoms with Crippen LogP contribution >= 0.6 is 0 Å². The van der Waals surface area contributed by atoms with Gasteiger partial charge in [0, 0.05) is 0 Å². The van der Waals surface area contributed by atoms with Crippen molar-refractivity contribution < 1.29 is 4.74 Å². The van der Waals surface area contributed by atoms with Crippen LogP contribution in [0.15, 0.2) is 24.3 Å². The Morgan fingerprint density at radius 1 is 1.28 bits per heavy atom. The van der Waals surface area contributed by atoms with Crippen molar-refractivity contribution in [1.82, 2.24) is 0 Å². The largest absolute Gasteiger partial charge is 0.496 e. The minimum atomic E-state index is 0.681. The van der Waals surface area contributed by atoms with Gasteiger partial charge >= 0.3 is 0 Å². The molecule has 0 bridgehead atoms. The molecule has 1 nitrogen and oxygen atoms in total. The van der Waals surface area contributed by atoms with Gasteiger partial charge in [-0.3, -0.25) is 0 Å². The highest BCUT2D eigenvalue weighted by Gasteiger charge is 2.11. The van der Waals surface area contributed by atoms with Crippen LogP contribution in [0.3, 0.4) is 0 Å². The Labute approximate surface area is 112 Å². The van der Waals surface area contributed by atoms with Gasteiger partial charge in [0.25, 0.3) is 0 Å². The van der Waals surface area contributed by atoms with Crippen LogP contribution in [0.2, 0.25) is 0 Å². The van der Waals surface area contributed by atoms with E-state index < -0.39 is 0 Å². The molecule has 0 aromatic heterocycles. The number of methoxy groups -OCH3 is 1. The van der Waals surface area contributed by atoms with Crippen molar-refractivity contribution >= 4 is 0 Å². The first-order valence-electron chi connectivity index (χ1n) is 6.80. The molecule has 0 spiro atoms. The van der Waals surface area contributed by atoms with E-state index >= 15 is 0 Å². The Hall–Kier alpha value is -1.24. The summed E-state index contributed by atoms with van der Waals surface area (Å²) in [6, 6.07) is 4.58. The highest BCUT2D eigenvalue weighted by atomic mass is 16.5. The maximum absolute atomic E-state index is 5.59. The summed E-state index contributed by atoms with van der Waals surface area (Å²) in [4.78, 5) is 0. The quantitative estimate of drug-likeness (QED) is 0.668. The predicted octanol–water partition coefficient (Wildman–Crippen LogP) is 4.57. The fraction of sp³-hybridized carbons (Fsp3) is 0.529. The topological polar surface area (TPSA) is 9.23 Å². The average molecular weight is 246 g/mol. The van der Waals surface area contributed by atoms with Gasteiger partial charge < -0.3 is 4.74 Å².